The zero-order valence-corrected chi connectivity index (χ0v) is 11.7. The molecule has 0 saturated carbocycles. The Labute approximate surface area is 118 Å². The summed E-state index contributed by atoms with van der Waals surface area (Å²) in [5.41, 5.74) is 0.261. The second kappa shape index (κ2) is 6.12. The van der Waals surface area contributed by atoms with E-state index in [-0.39, 0.29) is 17.6 Å². The minimum atomic E-state index is -0.502. The first-order valence-corrected chi connectivity index (χ1v) is 6.94. The summed E-state index contributed by atoms with van der Waals surface area (Å²) in [5, 5.41) is 11.3. The number of carbonyl (C=O) groups is 1. The van der Waals surface area contributed by atoms with Gasteiger partial charge in [0.1, 0.15) is 0 Å². The topological polar surface area (TPSA) is 72.7 Å². The van der Waals surface area contributed by atoms with Crippen molar-refractivity contribution in [2.75, 3.05) is 25.1 Å². The van der Waals surface area contributed by atoms with Crippen LogP contribution in [0.1, 0.15) is 10.4 Å². The van der Waals surface area contributed by atoms with Crippen molar-refractivity contribution in [3.63, 3.8) is 0 Å². The number of hydrogen-bond donors (Lipinski definition) is 0. The highest BCUT2D eigenvalue weighted by atomic mass is 79.9. The van der Waals surface area contributed by atoms with Gasteiger partial charge in [0.05, 0.1) is 24.2 Å². The molecule has 1 amide bonds. The summed E-state index contributed by atoms with van der Waals surface area (Å²) in [7, 11) is 0. The quantitative estimate of drug-likeness (QED) is 0.482. The highest BCUT2D eigenvalue weighted by Gasteiger charge is 2.27. The van der Waals surface area contributed by atoms with Crippen LogP contribution in [0.2, 0.25) is 0 Å². The Kier molecular flexibility index (Phi) is 4.49. The monoisotopic (exact) mass is 328 g/mol. The fraction of sp³-hybridized carbons (Fsp3) is 0.417. The average molecular weight is 329 g/mol. The van der Waals surface area contributed by atoms with Gasteiger partial charge in [0.25, 0.3) is 11.6 Å². The minimum Gasteiger partial charge on any atom is -0.377 e. The van der Waals surface area contributed by atoms with Crippen molar-refractivity contribution in [1.82, 2.24) is 4.90 Å². The van der Waals surface area contributed by atoms with Gasteiger partial charge in [-0.15, -0.1) is 0 Å². The zero-order chi connectivity index (χ0) is 13.8. The first-order chi connectivity index (χ1) is 9.13. The van der Waals surface area contributed by atoms with Crippen LogP contribution in [0.3, 0.4) is 0 Å². The van der Waals surface area contributed by atoms with Crippen molar-refractivity contribution in [3.05, 3.63) is 39.9 Å². The van der Waals surface area contributed by atoms with Crippen molar-refractivity contribution in [1.29, 1.82) is 0 Å². The number of carbonyl (C=O) groups excluding carboxylic acids is 1. The van der Waals surface area contributed by atoms with Crippen molar-refractivity contribution < 1.29 is 14.5 Å². The average Bonchev–Trinajstić information content (AvgIpc) is 2.46. The summed E-state index contributed by atoms with van der Waals surface area (Å²) >= 11 is 3.35. The normalized spacial score (nSPS) is 19.2. The van der Waals surface area contributed by atoms with E-state index < -0.39 is 4.92 Å². The standard InChI is InChI=1S/C12H13BrN2O4/c13-7-11-8-19-5-4-14(11)12(16)9-2-1-3-10(6-9)15(17)18/h1-3,6,11H,4-5,7-8H2. The Hall–Kier alpha value is -1.47. The lowest BCUT2D eigenvalue weighted by molar-refractivity contribution is -0.384. The van der Waals surface area contributed by atoms with Gasteiger partial charge in [-0.05, 0) is 6.07 Å². The van der Waals surface area contributed by atoms with Crippen molar-refractivity contribution >= 4 is 27.5 Å². The van der Waals surface area contributed by atoms with Crippen molar-refractivity contribution in [2.45, 2.75) is 6.04 Å². The van der Waals surface area contributed by atoms with Crippen molar-refractivity contribution in [2.24, 2.45) is 0 Å². The molecule has 0 aromatic heterocycles. The molecule has 1 aliphatic rings. The number of hydrogen-bond acceptors (Lipinski definition) is 4. The Balaban J connectivity index is 2.22. The molecule has 1 aliphatic heterocycles. The number of benzene rings is 1. The molecule has 1 heterocycles. The maximum atomic E-state index is 12.4. The number of nitro groups is 1. The zero-order valence-electron chi connectivity index (χ0n) is 10.1. The van der Waals surface area contributed by atoms with E-state index in [1.807, 2.05) is 0 Å². The van der Waals surface area contributed by atoms with Crippen LogP contribution < -0.4 is 0 Å². The smallest absolute Gasteiger partial charge is 0.270 e. The van der Waals surface area contributed by atoms with Crippen molar-refractivity contribution in [3.8, 4) is 0 Å². The molecule has 1 atom stereocenters. The predicted octanol–water partition coefficient (Wildman–Crippen LogP) is 1.83. The van der Waals surface area contributed by atoms with Crippen LogP contribution in [0.25, 0.3) is 0 Å². The third-order valence-corrected chi connectivity index (χ3v) is 3.72. The van der Waals surface area contributed by atoms with E-state index >= 15 is 0 Å². The first kappa shape index (κ1) is 14.0. The molecule has 0 N–H and O–H groups in total. The van der Waals surface area contributed by atoms with Crippen LogP contribution in [-0.4, -0.2) is 46.9 Å². The molecule has 19 heavy (non-hydrogen) atoms. The summed E-state index contributed by atoms with van der Waals surface area (Å²) < 4.78 is 5.32. The number of halogens is 1. The molecular formula is C12H13BrN2O4. The van der Waals surface area contributed by atoms with Gasteiger partial charge in [-0.3, -0.25) is 14.9 Å². The summed E-state index contributed by atoms with van der Waals surface area (Å²) in [5.74, 6) is -0.198. The number of nitro benzene ring substituents is 1. The summed E-state index contributed by atoms with van der Waals surface area (Å²) in [4.78, 5) is 24.3. The van der Waals surface area contributed by atoms with Gasteiger partial charge in [0.2, 0.25) is 0 Å². The van der Waals surface area contributed by atoms with E-state index in [1.165, 1.54) is 18.2 Å². The van der Waals surface area contributed by atoms with Gasteiger partial charge in [-0.1, -0.05) is 22.0 Å². The molecule has 6 nitrogen and oxygen atoms in total. The van der Waals surface area contributed by atoms with E-state index in [4.69, 9.17) is 4.74 Å². The third kappa shape index (κ3) is 3.10. The molecule has 0 spiro atoms. The van der Waals surface area contributed by atoms with E-state index in [1.54, 1.807) is 11.0 Å². The minimum absolute atomic E-state index is 0.0412. The van der Waals surface area contributed by atoms with Crippen LogP contribution in [0.4, 0.5) is 5.69 Å². The maximum absolute atomic E-state index is 12.4. The number of morpholine rings is 1. The lowest BCUT2D eigenvalue weighted by Crippen LogP contribution is -2.49. The van der Waals surface area contributed by atoms with E-state index in [9.17, 15) is 14.9 Å². The van der Waals surface area contributed by atoms with Gasteiger partial charge < -0.3 is 9.64 Å². The Morgan fingerprint density at radius 1 is 1.58 bits per heavy atom. The fourth-order valence-corrected chi connectivity index (χ4v) is 2.50. The molecule has 1 unspecified atom stereocenters. The third-order valence-electron chi connectivity index (χ3n) is 2.97. The molecule has 102 valence electrons. The lowest BCUT2D eigenvalue weighted by Gasteiger charge is -2.34. The molecule has 7 heteroatoms. The molecule has 0 aliphatic carbocycles. The SMILES string of the molecule is O=C(c1cccc([N+](=O)[O-])c1)N1CCOCC1CBr. The number of non-ortho nitro benzene ring substituents is 1. The van der Waals surface area contributed by atoms with Crippen LogP contribution in [-0.2, 0) is 4.74 Å². The largest absolute Gasteiger partial charge is 0.377 e. The summed E-state index contributed by atoms with van der Waals surface area (Å²) in [6, 6.07) is 5.76. The Bertz CT molecular complexity index is 494. The predicted molar refractivity (Wildman–Crippen MR) is 72.5 cm³/mol. The molecule has 0 radical (unpaired) electrons. The highest BCUT2D eigenvalue weighted by Crippen LogP contribution is 2.18. The van der Waals surface area contributed by atoms with Gasteiger partial charge in [-0.25, -0.2) is 0 Å². The number of nitrogens with zero attached hydrogens (tertiary/aromatic N) is 2. The summed E-state index contributed by atoms with van der Waals surface area (Å²) in [6.07, 6.45) is 0. The lowest BCUT2D eigenvalue weighted by atomic mass is 10.1. The van der Waals surface area contributed by atoms with Gasteiger partial charge >= 0.3 is 0 Å². The number of ether oxygens (including phenoxy) is 1. The Morgan fingerprint density at radius 3 is 3.05 bits per heavy atom. The van der Waals surface area contributed by atoms with E-state index in [2.05, 4.69) is 15.9 Å². The molecule has 0 bridgehead atoms. The van der Waals surface area contributed by atoms with E-state index in [0.29, 0.717) is 30.7 Å². The maximum Gasteiger partial charge on any atom is 0.270 e. The molecule has 1 aromatic rings. The van der Waals surface area contributed by atoms with Gasteiger partial charge in [0.15, 0.2) is 0 Å². The van der Waals surface area contributed by atoms with E-state index in [0.717, 1.165) is 0 Å². The van der Waals surface area contributed by atoms with Crippen LogP contribution in [0.15, 0.2) is 24.3 Å². The van der Waals surface area contributed by atoms with Crippen LogP contribution >= 0.6 is 15.9 Å². The van der Waals surface area contributed by atoms with Gasteiger partial charge in [0, 0.05) is 29.6 Å². The molecule has 1 fully saturated rings. The molecule has 2 rings (SSSR count). The molecular weight excluding hydrogens is 316 g/mol. The fourth-order valence-electron chi connectivity index (χ4n) is 1.97. The molecule has 1 saturated heterocycles. The number of alkyl halides is 1. The molecule has 1 aromatic carbocycles. The highest BCUT2D eigenvalue weighted by molar-refractivity contribution is 9.09. The van der Waals surface area contributed by atoms with Gasteiger partial charge in [-0.2, -0.15) is 0 Å². The number of amides is 1. The second-order valence-corrected chi connectivity index (χ2v) is 4.84. The number of rotatable bonds is 3. The first-order valence-electron chi connectivity index (χ1n) is 5.82. The Morgan fingerprint density at radius 2 is 2.37 bits per heavy atom. The van der Waals surface area contributed by atoms with Crippen LogP contribution in [0.5, 0.6) is 0 Å². The van der Waals surface area contributed by atoms with Crippen LogP contribution in [0, 0.1) is 10.1 Å². The summed E-state index contributed by atoms with van der Waals surface area (Å²) in [6.45, 7) is 1.47. The second-order valence-electron chi connectivity index (χ2n) is 4.19.